The molecule has 5 rings (SSSR count). The molecule has 0 radical (unpaired) electrons. The van der Waals surface area contributed by atoms with E-state index in [0.717, 1.165) is 36.0 Å². The van der Waals surface area contributed by atoms with Gasteiger partial charge in [-0.15, -0.1) is 15.3 Å². The molecule has 3 heterocycles. The van der Waals surface area contributed by atoms with E-state index >= 15 is 0 Å². The van der Waals surface area contributed by atoms with Gasteiger partial charge in [-0.2, -0.15) is 4.52 Å². The van der Waals surface area contributed by atoms with Crippen molar-refractivity contribution in [3.63, 3.8) is 0 Å². The summed E-state index contributed by atoms with van der Waals surface area (Å²) in [5.41, 5.74) is 2.16. The van der Waals surface area contributed by atoms with Crippen LogP contribution in [0.3, 0.4) is 0 Å². The summed E-state index contributed by atoms with van der Waals surface area (Å²) in [5.74, 6) is 3.51. The van der Waals surface area contributed by atoms with Gasteiger partial charge in [0.15, 0.2) is 11.5 Å². The lowest BCUT2D eigenvalue weighted by Crippen LogP contribution is -2.32. The van der Waals surface area contributed by atoms with Crippen molar-refractivity contribution >= 4 is 11.5 Å². The van der Waals surface area contributed by atoms with Gasteiger partial charge in [-0.3, -0.25) is 0 Å². The minimum absolute atomic E-state index is 0.466. The van der Waals surface area contributed by atoms with Gasteiger partial charge in [-0.25, -0.2) is 0 Å². The molecule has 2 aliphatic rings. The van der Waals surface area contributed by atoms with Gasteiger partial charge in [-0.1, -0.05) is 12.1 Å². The first-order valence-electron chi connectivity index (χ1n) is 9.44. The number of ether oxygens (including phenoxy) is 1. The van der Waals surface area contributed by atoms with Gasteiger partial charge in [0, 0.05) is 18.5 Å². The van der Waals surface area contributed by atoms with Crippen LogP contribution in [0.15, 0.2) is 36.4 Å². The van der Waals surface area contributed by atoms with Crippen LogP contribution in [0, 0.1) is 0 Å². The Hall–Kier alpha value is -2.63. The SMILES string of the molecule is COc1cccc(CC2CCCN2c2ccc3nnc(C4CC4)n3n2)c1. The molecule has 6 heteroatoms. The van der Waals surface area contributed by atoms with Gasteiger partial charge in [0.2, 0.25) is 0 Å². The summed E-state index contributed by atoms with van der Waals surface area (Å²) in [7, 11) is 1.72. The zero-order valence-electron chi connectivity index (χ0n) is 15.0. The molecule has 26 heavy (non-hydrogen) atoms. The van der Waals surface area contributed by atoms with Crippen molar-refractivity contribution in [1.82, 2.24) is 19.8 Å². The Morgan fingerprint density at radius 3 is 2.88 bits per heavy atom. The van der Waals surface area contributed by atoms with E-state index < -0.39 is 0 Å². The molecule has 134 valence electrons. The zero-order valence-corrected chi connectivity index (χ0v) is 15.0. The van der Waals surface area contributed by atoms with Crippen molar-refractivity contribution in [2.24, 2.45) is 0 Å². The first kappa shape index (κ1) is 15.6. The van der Waals surface area contributed by atoms with E-state index in [0.29, 0.717) is 12.0 Å². The van der Waals surface area contributed by atoms with Crippen molar-refractivity contribution in [1.29, 1.82) is 0 Å². The highest BCUT2D eigenvalue weighted by atomic mass is 16.5. The third-order valence-electron chi connectivity index (χ3n) is 5.49. The summed E-state index contributed by atoms with van der Waals surface area (Å²) in [6, 6.07) is 13.0. The third-order valence-corrected chi connectivity index (χ3v) is 5.49. The lowest BCUT2D eigenvalue weighted by Gasteiger charge is -2.26. The maximum atomic E-state index is 5.37. The molecule has 1 saturated carbocycles. The Morgan fingerprint density at radius 2 is 2.04 bits per heavy atom. The molecule has 3 aromatic rings. The van der Waals surface area contributed by atoms with Gasteiger partial charge in [0.25, 0.3) is 0 Å². The second kappa shape index (κ2) is 6.27. The minimum atomic E-state index is 0.466. The van der Waals surface area contributed by atoms with Gasteiger partial charge >= 0.3 is 0 Å². The fourth-order valence-corrected chi connectivity index (χ4v) is 3.97. The number of fused-ring (bicyclic) bond motifs is 1. The molecule has 2 aromatic heterocycles. The standard InChI is InChI=1S/C20H23N5O/c1-26-17-6-2-4-14(13-17)12-16-5-3-11-24(16)19-10-9-18-21-22-20(15-7-8-15)25(18)23-19/h2,4,6,9-10,13,15-16H,3,5,7-8,11-12H2,1H3. The Balaban J connectivity index is 1.42. The van der Waals surface area contributed by atoms with Crippen LogP contribution in [0.25, 0.3) is 5.65 Å². The van der Waals surface area contributed by atoms with Gasteiger partial charge < -0.3 is 9.64 Å². The van der Waals surface area contributed by atoms with Gasteiger partial charge in [-0.05, 0) is 61.9 Å². The molecule has 1 unspecified atom stereocenters. The first-order chi connectivity index (χ1) is 12.8. The average Bonchev–Trinajstić information content (AvgIpc) is 3.26. The summed E-state index contributed by atoms with van der Waals surface area (Å²) >= 11 is 0. The van der Waals surface area contributed by atoms with Crippen LogP contribution in [0.4, 0.5) is 5.82 Å². The minimum Gasteiger partial charge on any atom is -0.497 e. The number of rotatable bonds is 5. The Kier molecular flexibility index (Phi) is 3.76. The number of methoxy groups -OCH3 is 1. The van der Waals surface area contributed by atoms with Crippen molar-refractivity contribution in [3.8, 4) is 5.75 Å². The van der Waals surface area contributed by atoms with Crippen LogP contribution in [-0.4, -0.2) is 39.5 Å². The molecule has 6 nitrogen and oxygen atoms in total. The Labute approximate surface area is 152 Å². The summed E-state index contributed by atoms with van der Waals surface area (Å²) < 4.78 is 7.32. The molecule has 1 saturated heterocycles. The number of aromatic nitrogens is 4. The fourth-order valence-electron chi connectivity index (χ4n) is 3.97. The largest absolute Gasteiger partial charge is 0.497 e. The van der Waals surface area contributed by atoms with Crippen LogP contribution in [0.1, 0.15) is 43.0 Å². The van der Waals surface area contributed by atoms with Gasteiger partial charge in [0.1, 0.15) is 11.6 Å². The maximum Gasteiger partial charge on any atom is 0.178 e. The highest BCUT2D eigenvalue weighted by Gasteiger charge is 2.30. The highest BCUT2D eigenvalue weighted by molar-refractivity contribution is 5.48. The number of anilines is 1. The van der Waals surface area contributed by atoms with E-state index in [4.69, 9.17) is 9.84 Å². The van der Waals surface area contributed by atoms with Crippen LogP contribution in [0.2, 0.25) is 0 Å². The van der Waals surface area contributed by atoms with Gasteiger partial charge in [0.05, 0.1) is 7.11 Å². The van der Waals surface area contributed by atoms with E-state index in [1.807, 2.05) is 16.6 Å². The molecule has 0 spiro atoms. The summed E-state index contributed by atoms with van der Waals surface area (Å²) in [6.45, 7) is 1.05. The molecule has 2 fully saturated rings. The second-order valence-corrected chi connectivity index (χ2v) is 7.34. The number of benzene rings is 1. The summed E-state index contributed by atoms with van der Waals surface area (Å²) in [4.78, 5) is 2.44. The predicted octanol–water partition coefficient (Wildman–Crippen LogP) is 3.22. The third kappa shape index (κ3) is 2.79. The molecular weight excluding hydrogens is 326 g/mol. The molecular formula is C20H23N5O. The van der Waals surface area contributed by atoms with Crippen molar-refractivity contribution in [3.05, 3.63) is 47.8 Å². The van der Waals surface area contributed by atoms with Crippen LogP contribution >= 0.6 is 0 Å². The van der Waals surface area contributed by atoms with Crippen LogP contribution < -0.4 is 9.64 Å². The molecule has 1 aliphatic carbocycles. The van der Waals surface area contributed by atoms with Crippen LogP contribution in [0.5, 0.6) is 5.75 Å². The lowest BCUT2D eigenvalue weighted by atomic mass is 10.0. The number of hydrogen-bond donors (Lipinski definition) is 0. The molecule has 0 amide bonds. The van der Waals surface area contributed by atoms with Crippen molar-refractivity contribution < 1.29 is 4.74 Å². The number of nitrogens with zero attached hydrogens (tertiary/aromatic N) is 5. The van der Waals surface area contributed by atoms with E-state index in [-0.39, 0.29) is 0 Å². The molecule has 0 bridgehead atoms. The molecule has 1 atom stereocenters. The summed E-state index contributed by atoms with van der Waals surface area (Å²) in [5, 5.41) is 13.5. The average molecular weight is 349 g/mol. The van der Waals surface area contributed by atoms with E-state index in [1.54, 1.807) is 7.11 Å². The smallest absolute Gasteiger partial charge is 0.178 e. The van der Waals surface area contributed by atoms with Crippen molar-refractivity contribution in [2.75, 3.05) is 18.6 Å². The second-order valence-electron chi connectivity index (χ2n) is 7.34. The van der Waals surface area contributed by atoms with E-state index in [9.17, 15) is 0 Å². The normalized spacial score (nSPS) is 20.0. The molecule has 1 aliphatic heterocycles. The van der Waals surface area contributed by atoms with E-state index in [2.05, 4.69) is 39.4 Å². The summed E-state index contributed by atoms with van der Waals surface area (Å²) in [6.07, 6.45) is 5.80. The Morgan fingerprint density at radius 1 is 1.12 bits per heavy atom. The Bertz CT molecular complexity index is 933. The predicted molar refractivity (Wildman–Crippen MR) is 99.8 cm³/mol. The maximum absolute atomic E-state index is 5.37. The lowest BCUT2D eigenvalue weighted by molar-refractivity contribution is 0.414. The zero-order chi connectivity index (χ0) is 17.5. The fraction of sp³-hybridized carbons (Fsp3) is 0.450. The first-order valence-corrected chi connectivity index (χ1v) is 9.44. The van der Waals surface area contributed by atoms with Crippen LogP contribution in [-0.2, 0) is 6.42 Å². The van der Waals surface area contributed by atoms with E-state index in [1.165, 1.54) is 31.2 Å². The quantitative estimate of drug-likeness (QED) is 0.708. The molecule has 0 N–H and O–H groups in total. The highest BCUT2D eigenvalue weighted by Crippen LogP contribution is 2.39. The number of hydrogen-bond acceptors (Lipinski definition) is 5. The van der Waals surface area contributed by atoms with Crippen molar-refractivity contribution in [2.45, 2.75) is 44.1 Å². The molecule has 1 aromatic carbocycles. The monoisotopic (exact) mass is 349 g/mol. The topological polar surface area (TPSA) is 55.5 Å².